The van der Waals surface area contributed by atoms with Crippen LogP contribution in [0.15, 0.2) is 46.8 Å². The van der Waals surface area contributed by atoms with E-state index in [1.807, 2.05) is 11.3 Å². The Labute approximate surface area is 152 Å². The maximum absolute atomic E-state index is 13.0. The Morgan fingerprint density at radius 2 is 1.96 bits per heavy atom. The SMILES string of the molecule is CN=C(NCc1ccc(F)cc1)NCC(c1cccs1)N1CCCC1. The quantitative estimate of drug-likeness (QED) is 0.613. The molecule has 6 heteroatoms. The van der Waals surface area contributed by atoms with Gasteiger partial charge in [-0.25, -0.2) is 4.39 Å². The molecule has 25 heavy (non-hydrogen) atoms. The van der Waals surface area contributed by atoms with Crippen molar-refractivity contribution >= 4 is 17.3 Å². The smallest absolute Gasteiger partial charge is 0.191 e. The largest absolute Gasteiger partial charge is 0.354 e. The maximum atomic E-state index is 13.0. The van der Waals surface area contributed by atoms with Crippen molar-refractivity contribution in [2.75, 3.05) is 26.7 Å². The predicted octanol–water partition coefficient (Wildman–Crippen LogP) is 3.39. The first-order valence-electron chi connectivity index (χ1n) is 8.72. The average molecular weight is 361 g/mol. The highest BCUT2D eigenvalue weighted by Gasteiger charge is 2.24. The molecule has 1 unspecified atom stereocenters. The molecule has 1 aliphatic heterocycles. The number of aliphatic imine (C=N–C) groups is 1. The van der Waals surface area contributed by atoms with E-state index in [-0.39, 0.29) is 5.82 Å². The number of benzene rings is 1. The lowest BCUT2D eigenvalue weighted by Gasteiger charge is -2.27. The number of halogens is 1. The van der Waals surface area contributed by atoms with Crippen LogP contribution >= 0.6 is 11.3 Å². The second kappa shape index (κ2) is 8.97. The Morgan fingerprint density at radius 1 is 1.20 bits per heavy atom. The predicted molar refractivity (Wildman–Crippen MR) is 102 cm³/mol. The van der Waals surface area contributed by atoms with Crippen LogP contribution in [0.4, 0.5) is 4.39 Å². The van der Waals surface area contributed by atoms with Gasteiger partial charge in [-0.15, -0.1) is 11.3 Å². The van der Waals surface area contributed by atoms with Crippen LogP contribution < -0.4 is 10.6 Å². The van der Waals surface area contributed by atoms with Gasteiger partial charge in [-0.3, -0.25) is 9.89 Å². The number of guanidine groups is 1. The summed E-state index contributed by atoms with van der Waals surface area (Å²) in [5.41, 5.74) is 1.03. The van der Waals surface area contributed by atoms with Gasteiger partial charge in [0.25, 0.3) is 0 Å². The zero-order valence-electron chi connectivity index (χ0n) is 14.5. The third-order valence-corrected chi connectivity index (χ3v) is 5.49. The number of likely N-dealkylation sites (tertiary alicyclic amines) is 1. The molecular weight excluding hydrogens is 335 g/mol. The topological polar surface area (TPSA) is 39.7 Å². The highest BCUT2D eigenvalue weighted by molar-refractivity contribution is 7.10. The molecular formula is C19H25FN4S. The molecule has 2 heterocycles. The van der Waals surface area contributed by atoms with E-state index >= 15 is 0 Å². The summed E-state index contributed by atoms with van der Waals surface area (Å²) in [5.74, 6) is 0.556. The highest BCUT2D eigenvalue weighted by Crippen LogP contribution is 2.27. The van der Waals surface area contributed by atoms with Gasteiger partial charge >= 0.3 is 0 Å². The first-order chi connectivity index (χ1) is 12.3. The van der Waals surface area contributed by atoms with Gasteiger partial charge in [0.1, 0.15) is 5.82 Å². The number of hydrogen-bond acceptors (Lipinski definition) is 3. The molecule has 1 aromatic carbocycles. The molecule has 4 nitrogen and oxygen atoms in total. The molecule has 3 rings (SSSR count). The molecule has 134 valence electrons. The molecule has 2 N–H and O–H groups in total. The van der Waals surface area contributed by atoms with Gasteiger partial charge in [0, 0.05) is 25.0 Å². The van der Waals surface area contributed by atoms with Crippen LogP contribution in [0, 0.1) is 5.82 Å². The van der Waals surface area contributed by atoms with Crippen molar-refractivity contribution in [1.82, 2.24) is 15.5 Å². The van der Waals surface area contributed by atoms with Gasteiger partial charge in [-0.05, 0) is 55.1 Å². The van der Waals surface area contributed by atoms with Gasteiger partial charge in [-0.2, -0.15) is 0 Å². The van der Waals surface area contributed by atoms with E-state index in [0.29, 0.717) is 12.6 Å². The molecule has 0 bridgehead atoms. The van der Waals surface area contributed by atoms with Crippen molar-refractivity contribution in [2.24, 2.45) is 4.99 Å². The van der Waals surface area contributed by atoms with Gasteiger partial charge in [0.15, 0.2) is 5.96 Å². The molecule has 2 aromatic rings. The van der Waals surface area contributed by atoms with Crippen LogP contribution in [0.1, 0.15) is 29.3 Å². The summed E-state index contributed by atoms with van der Waals surface area (Å²) in [7, 11) is 1.77. The molecule has 0 amide bonds. The number of thiophene rings is 1. The standard InChI is InChI=1S/C19H25FN4S/c1-21-19(22-13-15-6-8-16(20)9-7-15)23-14-17(18-5-4-12-25-18)24-10-2-3-11-24/h4-9,12,17H,2-3,10-11,13-14H2,1H3,(H2,21,22,23). The van der Waals surface area contributed by atoms with E-state index in [4.69, 9.17) is 0 Å². The van der Waals surface area contributed by atoms with Crippen LogP contribution in [0.25, 0.3) is 0 Å². The van der Waals surface area contributed by atoms with E-state index in [0.717, 1.165) is 31.2 Å². The second-order valence-electron chi connectivity index (χ2n) is 6.21. The Morgan fingerprint density at radius 3 is 2.60 bits per heavy atom. The van der Waals surface area contributed by atoms with Crippen LogP contribution in [-0.2, 0) is 6.54 Å². The van der Waals surface area contributed by atoms with Gasteiger partial charge < -0.3 is 10.6 Å². The van der Waals surface area contributed by atoms with Crippen LogP contribution in [0.5, 0.6) is 0 Å². The van der Waals surface area contributed by atoms with Crippen molar-refractivity contribution < 1.29 is 4.39 Å². The lowest BCUT2D eigenvalue weighted by molar-refractivity contribution is 0.249. The first-order valence-corrected chi connectivity index (χ1v) is 9.60. The number of rotatable bonds is 6. The summed E-state index contributed by atoms with van der Waals surface area (Å²) in [6.07, 6.45) is 2.55. The zero-order valence-corrected chi connectivity index (χ0v) is 15.4. The van der Waals surface area contributed by atoms with E-state index in [9.17, 15) is 4.39 Å². The molecule has 1 aromatic heterocycles. The fraction of sp³-hybridized carbons (Fsp3) is 0.421. The van der Waals surface area contributed by atoms with Crippen LogP contribution in [0.3, 0.4) is 0 Å². The van der Waals surface area contributed by atoms with Crippen molar-refractivity contribution in [2.45, 2.75) is 25.4 Å². The monoisotopic (exact) mass is 360 g/mol. The van der Waals surface area contributed by atoms with E-state index < -0.39 is 0 Å². The number of hydrogen-bond donors (Lipinski definition) is 2. The average Bonchev–Trinajstić information content (AvgIpc) is 3.33. The first kappa shape index (κ1) is 17.9. The Hall–Kier alpha value is -1.92. The molecule has 1 saturated heterocycles. The summed E-state index contributed by atoms with van der Waals surface area (Å²) >= 11 is 1.81. The molecule has 0 saturated carbocycles. The zero-order chi connectivity index (χ0) is 17.5. The lowest BCUT2D eigenvalue weighted by Crippen LogP contribution is -2.42. The maximum Gasteiger partial charge on any atom is 0.191 e. The summed E-state index contributed by atoms with van der Waals surface area (Å²) in [6.45, 7) is 3.76. The fourth-order valence-corrected chi connectivity index (χ4v) is 4.01. The van der Waals surface area contributed by atoms with E-state index in [1.54, 1.807) is 19.2 Å². The van der Waals surface area contributed by atoms with E-state index in [1.165, 1.54) is 29.9 Å². The third-order valence-electron chi connectivity index (χ3n) is 4.51. The Bertz CT molecular complexity index is 663. The highest BCUT2D eigenvalue weighted by atomic mass is 32.1. The van der Waals surface area contributed by atoms with E-state index in [2.05, 4.69) is 38.0 Å². The molecule has 1 aliphatic rings. The lowest BCUT2D eigenvalue weighted by atomic mass is 10.2. The van der Waals surface area contributed by atoms with Gasteiger partial charge in [-0.1, -0.05) is 18.2 Å². The Balaban J connectivity index is 1.55. The third kappa shape index (κ3) is 5.03. The minimum atomic E-state index is -0.212. The summed E-state index contributed by atoms with van der Waals surface area (Å²) < 4.78 is 13.0. The Kier molecular flexibility index (Phi) is 6.42. The summed E-state index contributed by atoms with van der Waals surface area (Å²) in [5, 5.41) is 8.88. The minimum Gasteiger partial charge on any atom is -0.354 e. The van der Waals surface area contributed by atoms with Gasteiger partial charge in [0.05, 0.1) is 6.04 Å². The van der Waals surface area contributed by atoms with Crippen LogP contribution in [0.2, 0.25) is 0 Å². The van der Waals surface area contributed by atoms with Crippen molar-refractivity contribution in [3.05, 3.63) is 58.0 Å². The van der Waals surface area contributed by atoms with Gasteiger partial charge in [0.2, 0.25) is 0 Å². The molecule has 0 aliphatic carbocycles. The minimum absolute atomic E-state index is 0.212. The fourth-order valence-electron chi connectivity index (χ4n) is 3.15. The molecule has 1 atom stereocenters. The molecule has 0 spiro atoms. The molecule has 0 radical (unpaired) electrons. The number of nitrogens with zero attached hydrogens (tertiary/aromatic N) is 2. The number of nitrogens with one attached hydrogen (secondary N) is 2. The van der Waals surface area contributed by atoms with Crippen LogP contribution in [-0.4, -0.2) is 37.5 Å². The normalized spacial score (nSPS) is 16.8. The summed E-state index contributed by atoms with van der Waals surface area (Å²) in [6, 6.07) is 11.2. The van der Waals surface area contributed by atoms with Crippen molar-refractivity contribution in [1.29, 1.82) is 0 Å². The molecule has 1 fully saturated rings. The summed E-state index contributed by atoms with van der Waals surface area (Å²) in [4.78, 5) is 8.25. The van der Waals surface area contributed by atoms with Crippen molar-refractivity contribution in [3.63, 3.8) is 0 Å². The second-order valence-corrected chi connectivity index (χ2v) is 7.19. The van der Waals surface area contributed by atoms with Crippen molar-refractivity contribution in [3.8, 4) is 0 Å².